The molecule has 0 aromatic carbocycles. The molecule has 2 aromatic heterocycles. The summed E-state index contributed by atoms with van der Waals surface area (Å²) < 4.78 is 2.21. The highest BCUT2D eigenvalue weighted by atomic mass is 35.5. The number of rotatable bonds is 3. The third-order valence-electron chi connectivity index (χ3n) is 4.47. The summed E-state index contributed by atoms with van der Waals surface area (Å²) in [5.74, 6) is 0.934. The highest BCUT2D eigenvalue weighted by Crippen LogP contribution is 2.22. The van der Waals surface area contributed by atoms with E-state index in [2.05, 4.69) is 46.3 Å². The predicted octanol–water partition coefficient (Wildman–Crippen LogP) is 2.89. The van der Waals surface area contributed by atoms with Crippen LogP contribution in [-0.2, 0) is 6.54 Å². The molecular weight excluding hydrogens is 296 g/mol. The highest BCUT2D eigenvalue weighted by molar-refractivity contribution is 6.30. The number of halogens is 1. The van der Waals surface area contributed by atoms with Crippen molar-refractivity contribution < 1.29 is 0 Å². The number of nitrogens with zero attached hydrogens (tertiary/aromatic N) is 4. The maximum absolute atomic E-state index is 5.94. The first-order chi connectivity index (χ1) is 10.5. The Morgan fingerprint density at radius 2 is 1.86 bits per heavy atom. The quantitative estimate of drug-likeness (QED) is 0.869. The van der Waals surface area contributed by atoms with Gasteiger partial charge in [-0.05, 0) is 44.7 Å². The Hall–Kier alpha value is -1.36. The Balaban J connectivity index is 1.82. The third-order valence-corrected chi connectivity index (χ3v) is 4.69. The van der Waals surface area contributed by atoms with Gasteiger partial charge in [-0.2, -0.15) is 0 Å². The highest BCUT2D eigenvalue weighted by Gasteiger charge is 2.17. The van der Waals surface area contributed by atoms with Crippen LogP contribution in [0, 0.1) is 13.8 Å². The molecule has 4 nitrogen and oxygen atoms in total. The van der Waals surface area contributed by atoms with Gasteiger partial charge in [-0.25, -0.2) is 4.98 Å². The lowest BCUT2D eigenvalue weighted by atomic mass is 10.2. The second-order valence-electron chi connectivity index (χ2n) is 6.15. The monoisotopic (exact) mass is 318 g/mol. The minimum atomic E-state index is 0.670. The lowest BCUT2D eigenvalue weighted by Crippen LogP contribution is -2.43. The van der Waals surface area contributed by atoms with E-state index in [-0.39, 0.29) is 0 Å². The number of piperazine rings is 1. The van der Waals surface area contributed by atoms with E-state index in [9.17, 15) is 0 Å². The van der Waals surface area contributed by atoms with E-state index in [1.54, 1.807) is 6.20 Å². The number of aryl methyl sites for hydroxylation is 1. The summed E-state index contributed by atoms with van der Waals surface area (Å²) in [6.45, 7) is 9.90. The minimum Gasteiger partial charge on any atom is -0.304 e. The molecule has 0 N–H and O–H groups in total. The molecule has 1 aliphatic rings. The van der Waals surface area contributed by atoms with Crippen molar-refractivity contribution in [3.05, 3.63) is 46.4 Å². The normalized spacial score (nSPS) is 17.1. The van der Waals surface area contributed by atoms with Gasteiger partial charge in [0, 0.05) is 50.3 Å². The Morgan fingerprint density at radius 3 is 2.50 bits per heavy atom. The zero-order chi connectivity index (χ0) is 15.7. The summed E-state index contributed by atoms with van der Waals surface area (Å²) in [4.78, 5) is 9.37. The van der Waals surface area contributed by atoms with Crippen LogP contribution in [0.3, 0.4) is 0 Å². The SMILES string of the molecule is Cc1cc(CN2CCN(C)CC2)c(C)n1-c1ccc(Cl)cn1. The smallest absolute Gasteiger partial charge is 0.137 e. The molecule has 0 radical (unpaired) electrons. The maximum atomic E-state index is 5.94. The zero-order valence-corrected chi connectivity index (χ0v) is 14.3. The number of likely N-dealkylation sites (N-methyl/N-ethyl adjacent to an activating group) is 1. The van der Waals surface area contributed by atoms with Gasteiger partial charge >= 0.3 is 0 Å². The molecule has 2 aromatic rings. The fraction of sp³-hybridized carbons (Fsp3) is 0.471. The summed E-state index contributed by atoms with van der Waals surface area (Å²) >= 11 is 5.94. The first-order valence-electron chi connectivity index (χ1n) is 7.75. The van der Waals surface area contributed by atoms with Crippen LogP contribution in [0.25, 0.3) is 5.82 Å². The number of pyridine rings is 1. The molecule has 0 saturated carbocycles. The Bertz CT molecular complexity index is 639. The average Bonchev–Trinajstić information content (AvgIpc) is 2.77. The van der Waals surface area contributed by atoms with Gasteiger partial charge in [-0.1, -0.05) is 11.6 Å². The van der Waals surface area contributed by atoms with Gasteiger partial charge in [0.1, 0.15) is 5.82 Å². The summed E-state index contributed by atoms with van der Waals surface area (Å²) in [6.07, 6.45) is 1.70. The van der Waals surface area contributed by atoms with E-state index in [1.165, 1.54) is 17.0 Å². The van der Waals surface area contributed by atoms with Crippen molar-refractivity contribution in [3.63, 3.8) is 0 Å². The average molecular weight is 319 g/mol. The van der Waals surface area contributed by atoms with E-state index in [0.29, 0.717) is 5.02 Å². The Kier molecular flexibility index (Phi) is 4.52. The van der Waals surface area contributed by atoms with Gasteiger partial charge in [0.25, 0.3) is 0 Å². The molecular formula is C17H23ClN4. The predicted molar refractivity (Wildman–Crippen MR) is 90.8 cm³/mol. The summed E-state index contributed by atoms with van der Waals surface area (Å²) in [5.41, 5.74) is 3.88. The van der Waals surface area contributed by atoms with Crippen molar-refractivity contribution in [1.82, 2.24) is 19.4 Å². The van der Waals surface area contributed by atoms with Gasteiger partial charge in [0.05, 0.1) is 5.02 Å². The summed E-state index contributed by atoms with van der Waals surface area (Å²) in [5, 5.41) is 0.670. The second kappa shape index (κ2) is 6.41. The molecule has 118 valence electrons. The topological polar surface area (TPSA) is 24.3 Å². The van der Waals surface area contributed by atoms with Gasteiger partial charge in [0.2, 0.25) is 0 Å². The van der Waals surface area contributed by atoms with Gasteiger partial charge in [-0.3, -0.25) is 4.90 Å². The van der Waals surface area contributed by atoms with Crippen molar-refractivity contribution >= 4 is 11.6 Å². The first kappa shape index (κ1) is 15.5. The molecule has 1 fully saturated rings. The number of hydrogen-bond donors (Lipinski definition) is 0. The number of hydrogen-bond acceptors (Lipinski definition) is 3. The molecule has 0 aliphatic carbocycles. The van der Waals surface area contributed by atoms with E-state index < -0.39 is 0 Å². The van der Waals surface area contributed by atoms with Crippen LogP contribution in [0.2, 0.25) is 5.02 Å². The molecule has 3 rings (SSSR count). The van der Waals surface area contributed by atoms with Crippen LogP contribution in [0.15, 0.2) is 24.4 Å². The van der Waals surface area contributed by atoms with Crippen LogP contribution in [0.5, 0.6) is 0 Å². The van der Waals surface area contributed by atoms with E-state index in [1.807, 2.05) is 12.1 Å². The van der Waals surface area contributed by atoms with E-state index >= 15 is 0 Å². The fourth-order valence-electron chi connectivity index (χ4n) is 3.09. The molecule has 3 heterocycles. The van der Waals surface area contributed by atoms with Gasteiger partial charge in [-0.15, -0.1) is 0 Å². The van der Waals surface area contributed by atoms with Crippen molar-refractivity contribution in [2.24, 2.45) is 0 Å². The standard InChI is InChI=1S/C17H23ClN4/c1-13-10-15(12-21-8-6-20(3)7-9-21)14(2)22(13)17-5-4-16(18)11-19-17/h4-5,10-11H,6-9,12H2,1-3H3. The van der Waals surface area contributed by atoms with E-state index in [0.717, 1.165) is 38.5 Å². The van der Waals surface area contributed by atoms with Crippen LogP contribution in [-0.4, -0.2) is 52.6 Å². The maximum Gasteiger partial charge on any atom is 0.137 e. The second-order valence-corrected chi connectivity index (χ2v) is 6.58. The fourth-order valence-corrected chi connectivity index (χ4v) is 3.20. The molecule has 0 spiro atoms. The van der Waals surface area contributed by atoms with Crippen LogP contribution in [0.1, 0.15) is 17.0 Å². The molecule has 0 amide bonds. The van der Waals surface area contributed by atoms with Crippen LogP contribution >= 0.6 is 11.6 Å². The lowest BCUT2D eigenvalue weighted by molar-refractivity contribution is 0.148. The van der Waals surface area contributed by atoms with Crippen molar-refractivity contribution in [2.75, 3.05) is 33.2 Å². The molecule has 0 unspecified atom stereocenters. The van der Waals surface area contributed by atoms with Crippen molar-refractivity contribution in [3.8, 4) is 5.82 Å². The van der Waals surface area contributed by atoms with Crippen LogP contribution in [0.4, 0.5) is 0 Å². The van der Waals surface area contributed by atoms with Crippen molar-refractivity contribution in [2.45, 2.75) is 20.4 Å². The van der Waals surface area contributed by atoms with Crippen molar-refractivity contribution in [1.29, 1.82) is 0 Å². The minimum absolute atomic E-state index is 0.670. The van der Waals surface area contributed by atoms with Crippen LogP contribution < -0.4 is 0 Å². The molecule has 1 saturated heterocycles. The van der Waals surface area contributed by atoms with E-state index in [4.69, 9.17) is 11.6 Å². The molecule has 1 aliphatic heterocycles. The summed E-state index contributed by atoms with van der Waals surface area (Å²) in [6, 6.07) is 6.15. The summed E-state index contributed by atoms with van der Waals surface area (Å²) in [7, 11) is 2.19. The Morgan fingerprint density at radius 1 is 1.14 bits per heavy atom. The lowest BCUT2D eigenvalue weighted by Gasteiger charge is -2.32. The molecule has 5 heteroatoms. The molecule has 0 bridgehead atoms. The third kappa shape index (κ3) is 3.19. The first-order valence-corrected chi connectivity index (χ1v) is 8.13. The largest absolute Gasteiger partial charge is 0.304 e. The molecule has 0 atom stereocenters. The number of aromatic nitrogens is 2. The molecule has 22 heavy (non-hydrogen) atoms. The zero-order valence-electron chi connectivity index (χ0n) is 13.5. The Labute approximate surface area is 137 Å². The van der Waals surface area contributed by atoms with Gasteiger partial charge < -0.3 is 9.47 Å². The van der Waals surface area contributed by atoms with Gasteiger partial charge in [0.15, 0.2) is 0 Å².